The van der Waals surface area contributed by atoms with E-state index in [0.717, 1.165) is 25.9 Å². The summed E-state index contributed by atoms with van der Waals surface area (Å²) in [5, 5.41) is 0. The van der Waals surface area contributed by atoms with Crippen molar-refractivity contribution in [3.05, 3.63) is 0 Å². The Bertz CT molecular complexity index is 289. The third kappa shape index (κ3) is 3.90. The number of thiocarbonyl (C=S) groups is 1. The summed E-state index contributed by atoms with van der Waals surface area (Å²) >= 11 is 4.96. The average Bonchev–Trinajstić information content (AvgIpc) is 2.35. The molecule has 2 N–H and O–H groups in total. The molecule has 100 valence electrons. The van der Waals surface area contributed by atoms with Gasteiger partial charge in [0, 0.05) is 19.0 Å². The van der Waals surface area contributed by atoms with E-state index in [2.05, 4.69) is 39.5 Å². The number of ether oxygens (including phenoxy) is 1. The normalized spacial score (nSPS) is 26.4. The largest absolute Gasteiger partial charge is 0.393 e. The Hall–Kier alpha value is -0.190. The van der Waals surface area contributed by atoms with Crippen LogP contribution in [0.2, 0.25) is 0 Å². The van der Waals surface area contributed by atoms with Crippen LogP contribution in [-0.4, -0.2) is 40.2 Å². The third-order valence-corrected chi connectivity index (χ3v) is 3.72. The van der Waals surface area contributed by atoms with E-state index < -0.39 is 0 Å². The van der Waals surface area contributed by atoms with Crippen molar-refractivity contribution in [2.75, 3.05) is 13.1 Å². The molecule has 0 aromatic heterocycles. The first-order valence-corrected chi connectivity index (χ1v) is 6.81. The Kier molecular flexibility index (Phi) is 4.55. The van der Waals surface area contributed by atoms with Crippen molar-refractivity contribution in [1.29, 1.82) is 0 Å². The van der Waals surface area contributed by atoms with Gasteiger partial charge in [0.2, 0.25) is 0 Å². The van der Waals surface area contributed by atoms with Crippen LogP contribution < -0.4 is 5.73 Å². The molecule has 0 aliphatic carbocycles. The van der Waals surface area contributed by atoms with Crippen molar-refractivity contribution >= 4 is 17.2 Å². The van der Waals surface area contributed by atoms with Crippen LogP contribution in [0.5, 0.6) is 0 Å². The fourth-order valence-electron chi connectivity index (χ4n) is 2.89. The van der Waals surface area contributed by atoms with Crippen LogP contribution in [0, 0.1) is 0 Å². The summed E-state index contributed by atoms with van der Waals surface area (Å²) in [7, 11) is 0. The number of likely N-dealkylation sites (N-methyl/N-ethyl adjacent to an activating group) is 1. The molecule has 3 nitrogen and oxygen atoms in total. The van der Waals surface area contributed by atoms with Gasteiger partial charge in [0.25, 0.3) is 0 Å². The molecule has 0 amide bonds. The summed E-state index contributed by atoms with van der Waals surface area (Å²) in [4.78, 5) is 3.04. The van der Waals surface area contributed by atoms with Gasteiger partial charge in [-0.3, -0.25) is 4.90 Å². The van der Waals surface area contributed by atoms with Gasteiger partial charge in [-0.1, -0.05) is 19.1 Å². The van der Waals surface area contributed by atoms with Crippen molar-refractivity contribution < 1.29 is 4.74 Å². The maximum atomic E-state index is 6.13. The minimum absolute atomic E-state index is 0.0369. The topological polar surface area (TPSA) is 38.5 Å². The predicted molar refractivity (Wildman–Crippen MR) is 76.3 cm³/mol. The van der Waals surface area contributed by atoms with Crippen LogP contribution in [0.4, 0.5) is 0 Å². The van der Waals surface area contributed by atoms with Gasteiger partial charge in [-0.15, -0.1) is 0 Å². The Morgan fingerprint density at radius 2 is 2.00 bits per heavy atom. The molecule has 4 heteroatoms. The fourth-order valence-corrected chi connectivity index (χ4v) is 2.98. The van der Waals surface area contributed by atoms with Crippen LogP contribution >= 0.6 is 12.2 Å². The molecule has 1 saturated heterocycles. The second kappa shape index (κ2) is 5.21. The Morgan fingerprint density at radius 3 is 2.35 bits per heavy atom. The van der Waals surface area contributed by atoms with Crippen molar-refractivity contribution in [2.45, 2.75) is 64.7 Å². The van der Waals surface area contributed by atoms with Gasteiger partial charge in [0.1, 0.15) is 0 Å². The highest BCUT2D eigenvalue weighted by Gasteiger charge is 2.47. The van der Waals surface area contributed by atoms with Gasteiger partial charge in [-0.05, 0) is 40.7 Å². The van der Waals surface area contributed by atoms with Gasteiger partial charge < -0.3 is 10.5 Å². The van der Waals surface area contributed by atoms with E-state index in [1.165, 1.54) is 0 Å². The average molecular weight is 258 g/mol. The first kappa shape index (κ1) is 14.9. The SMILES string of the molecule is CCN(CCC(N)=S)C1CC(C)(C)OC1(C)C. The minimum Gasteiger partial charge on any atom is -0.393 e. The van der Waals surface area contributed by atoms with Crippen LogP contribution in [0.1, 0.15) is 47.5 Å². The highest BCUT2D eigenvalue weighted by molar-refractivity contribution is 7.80. The zero-order valence-electron chi connectivity index (χ0n) is 11.7. The van der Waals surface area contributed by atoms with Crippen LogP contribution in [0.3, 0.4) is 0 Å². The molecule has 0 aromatic carbocycles. The molecule has 1 rings (SSSR count). The number of rotatable bonds is 5. The maximum Gasteiger partial charge on any atom is 0.0789 e. The zero-order valence-corrected chi connectivity index (χ0v) is 12.6. The van der Waals surface area contributed by atoms with Crippen LogP contribution in [0.15, 0.2) is 0 Å². The van der Waals surface area contributed by atoms with Crippen molar-refractivity contribution in [2.24, 2.45) is 5.73 Å². The van der Waals surface area contributed by atoms with E-state index in [0.29, 0.717) is 11.0 Å². The van der Waals surface area contributed by atoms with Crippen molar-refractivity contribution in [1.82, 2.24) is 4.90 Å². The Balaban J connectivity index is 2.71. The summed E-state index contributed by atoms with van der Waals surface area (Å²) in [6.07, 6.45) is 1.85. The number of nitrogens with zero attached hydrogens (tertiary/aromatic N) is 1. The summed E-state index contributed by atoms with van der Waals surface area (Å²) in [5.41, 5.74) is 5.45. The van der Waals surface area contributed by atoms with E-state index in [4.69, 9.17) is 22.7 Å². The fraction of sp³-hybridized carbons (Fsp3) is 0.923. The van der Waals surface area contributed by atoms with Crippen LogP contribution in [-0.2, 0) is 4.74 Å². The molecule has 1 unspecified atom stereocenters. The lowest BCUT2D eigenvalue weighted by Crippen LogP contribution is -2.47. The second-order valence-electron chi connectivity index (χ2n) is 6.03. The zero-order chi connectivity index (χ0) is 13.3. The molecule has 1 fully saturated rings. The number of nitrogens with two attached hydrogens (primary N) is 1. The quantitative estimate of drug-likeness (QED) is 0.768. The lowest BCUT2D eigenvalue weighted by molar-refractivity contribution is -0.0800. The Morgan fingerprint density at radius 1 is 1.41 bits per heavy atom. The summed E-state index contributed by atoms with van der Waals surface area (Å²) in [5.74, 6) is 0. The predicted octanol–water partition coefficient (Wildman–Crippen LogP) is 2.33. The Labute approximate surface area is 111 Å². The molecule has 0 aromatic rings. The third-order valence-electron chi connectivity index (χ3n) is 3.52. The maximum absolute atomic E-state index is 6.13. The number of hydrogen-bond acceptors (Lipinski definition) is 3. The molecule has 17 heavy (non-hydrogen) atoms. The van der Waals surface area contributed by atoms with Crippen molar-refractivity contribution in [3.63, 3.8) is 0 Å². The molecule has 1 aliphatic heterocycles. The molecule has 1 heterocycles. The minimum atomic E-state index is -0.101. The first-order chi connectivity index (χ1) is 7.68. The first-order valence-electron chi connectivity index (χ1n) is 6.40. The molecule has 0 bridgehead atoms. The summed E-state index contributed by atoms with van der Waals surface area (Å²) in [6, 6.07) is 0.442. The molecule has 0 radical (unpaired) electrons. The van der Waals surface area contributed by atoms with E-state index in [-0.39, 0.29) is 11.2 Å². The van der Waals surface area contributed by atoms with Gasteiger partial charge in [-0.25, -0.2) is 0 Å². The highest BCUT2D eigenvalue weighted by Crippen LogP contribution is 2.40. The van der Waals surface area contributed by atoms with E-state index >= 15 is 0 Å². The molecule has 1 atom stereocenters. The lowest BCUT2D eigenvalue weighted by Gasteiger charge is -2.35. The van der Waals surface area contributed by atoms with Gasteiger partial charge in [0.05, 0.1) is 16.2 Å². The summed E-state index contributed by atoms with van der Waals surface area (Å²) < 4.78 is 6.13. The van der Waals surface area contributed by atoms with E-state index in [1.54, 1.807) is 0 Å². The molecule has 0 spiro atoms. The van der Waals surface area contributed by atoms with E-state index in [9.17, 15) is 0 Å². The van der Waals surface area contributed by atoms with Gasteiger partial charge >= 0.3 is 0 Å². The van der Waals surface area contributed by atoms with Gasteiger partial charge in [0.15, 0.2) is 0 Å². The molecule has 1 aliphatic rings. The lowest BCUT2D eigenvalue weighted by atomic mass is 9.93. The standard InChI is InChI=1S/C13H26N2OS/c1-6-15(8-7-11(14)17)10-9-12(2,3)16-13(10,4)5/h10H,6-9H2,1-5H3,(H2,14,17). The smallest absolute Gasteiger partial charge is 0.0789 e. The number of hydrogen-bond donors (Lipinski definition) is 1. The molecular formula is C13H26N2OS. The van der Waals surface area contributed by atoms with Crippen molar-refractivity contribution in [3.8, 4) is 0 Å². The van der Waals surface area contributed by atoms with Gasteiger partial charge in [-0.2, -0.15) is 0 Å². The highest BCUT2D eigenvalue weighted by atomic mass is 32.1. The summed E-state index contributed by atoms with van der Waals surface area (Å²) in [6.45, 7) is 12.8. The van der Waals surface area contributed by atoms with E-state index in [1.807, 2.05) is 0 Å². The molecular weight excluding hydrogens is 232 g/mol. The monoisotopic (exact) mass is 258 g/mol. The van der Waals surface area contributed by atoms with Crippen LogP contribution in [0.25, 0.3) is 0 Å². The second-order valence-corrected chi connectivity index (χ2v) is 6.55. The molecule has 0 saturated carbocycles.